The van der Waals surface area contributed by atoms with E-state index < -0.39 is 0 Å². The van der Waals surface area contributed by atoms with Gasteiger partial charge in [0.25, 0.3) is 0 Å². The second-order valence-corrected chi connectivity index (χ2v) is 6.54. The summed E-state index contributed by atoms with van der Waals surface area (Å²) in [6.45, 7) is 5.61. The molecule has 1 N–H and O–H groups in total. The van der Waals surface area contributed by atoms with Crippen LogP contribution in [0.25, 0.3) is 0 Å². The monoisotopic (exact) mass is 411 g/mol. The van der Waals surface area contributed by atoms with Gasteiger partial charge in [-0.1, -0.05) is 30.3 Å². The van der Waals surface area contributed by atoms with Gasteiger partial charge in [0.15, 0.2) is 0 Å². The molecule has 0 spiro atoms. The van der Waals surface area contributed by atoms with Crippen LogP contribution in [0.5, 0.6) is 5.75 Å². The van der Waals surface area contributed by atoms with Crippen molar-refractivity contribution in [3.05, 3.63) is 62.5 Å². The lowest BCUT2D eigenvalue weighted by Gasteiger charge is -2.16. The van der Waals surface area contributed by atoms with Crippen LogP contribution < -0.4 is 10.1 Å². The number of hydrogen-bond acceptors (Lipinski definition) is 2. The Kier molecular flexibility index (Phi) is 6.27. The van der Waals surface area contributed by atoms with E-state index in [1.165, 1.54) is 11.1 Å². The summed E-state index contributed by atoms with van der Waals surface area (Å²) in [5.41, 5.74) is 2.50. The van der Waals surface area contributed by atoms with E-state index in [9.17, 15) is 0 Å². The average Bonchev–Trinajstić information content (AvgIpc) is 2.49. The molecule has 2 aromatic carbocycles. The lowest BCUT2D eigenvalue weighted by Crippen LogP contribution is -2.18. The van der Waals surface area contributed by atoms with E-state index in [1.807, 2.05) is 13.0 Å². The van der Waals surface area contributed by atoms with Crippen molar-refractivity contribution in [3.8, 4) is 5.75 Å². The molecule has 0 aliphatic carbocycles. The molecule has 1 atom stereocenters. The maximum Gasteiger partial charge on any atom is 0.147 e. The maximum absolute atomic E-state index is 5.60. The third kappa shape index (κ3) is 4.56. The third-order valence-electron chi connectivity index (χ3n) is 3.26. The van der Waals surface area contributed by atoms with E-state index in [4.69, 9.17) is 4.74 Å². The smallest absolute Gasteiger partial charge is 0.147 e. The van der Waals surface area contributed by atoms with Gasteiger partial charge < -0.3 is 10.1 Å². The number of ether oxygens (including phenoxy) is 1. The average molecular weight is 413 g/mol. The molecule has 0 heterocycles. The summed E-state index contributed by atoms with van der Waals surface area (Å²) in [4.78, 5) is 0. The minimum absolute atomic E-state index is 0.315. The van der Waals surface area contributed by atoms with E-state index in [0.717, 1.165) is 21.2 Å². The molecule has 0 amide bonds. The number of hydrogen-bond donors (Lipinski definition) is 1. The van der Waals surface area contributed by atoms with Gasteiger partial charge in [-0.3, -0.25) is 0 Å². The van der Waals surface area contributed by atoms with Crippen LogP contribution in [0.15, 0.2) is 51.4 Å². The molecule has 2 aromatic rings. The van der Waals surface area contributed by atoms with E-state index in [-0.39, 0.29) is 0 Å². The van der Waals surface area contributed by atoms with E-state index >= 15 is 0 Å². The highest BCUT2D eigenvalue weighted by Gasteiger charge is 2.10. The van der Waals surface area contributed by atoms with Crippen LogP contribution in [-0.4, -0.2) is 6.61 Å². The first kappa shape index (κ1) is 16.5. The first-order chi connectivity index (χ1) is 10.1. The van der Waals surface area contributed by atoms with Crippen molar-refractivity contribution >= 4 is 31.9 Å². The van der Waals surface area contributed by atoms with E-state index in [1.54, 1.807) is 0 Å². The maximum atomic E-state index is 5.60. The summed E-state index contributed by atoms with van der Waals surface area (Å²) in [7, 11) is 0. The molecule has 2 rings (SSSR count). The molecule has 0 saturated heterocycles. The lowest BCUT2D eigenvalue weighted by molar-refractivity contribution is 0.336. The summed E-state index contributed by atoms with van der Waals surface area (Å²) in [5.74, 6) is 0.859. The highest BCUT2D eigenvalue weighted by atomic mass is 79.9. The van der Waals surface area contributed by atoms with Gasteiger partial charge in [0, 0.05) is 12.6 Å². The van der Waals surface area contributed by atoms with Crippen LogP contribution in [0, 0.1) is 0 Å². The number of benzene rings is 2. The molecule has 0 saturated carbocycles. The predicted octanol–water partition coefficient (Wildman–Crippen LogP) is 5.46. The summed E-state index contributed by atoms with van der Waals surface area (Å²) in [6, 6.07) is 15.0. The minimum atomic E-state index is 0.315. The van der Waals surface area contributed by atoms with Gasteiger partial charge in [-0.25, -0.2) is 0 Å². The summed E-state index contributed by atoms with van der Waals surface area (Å²) in [6.07, 6.45) is 0. The summed E-state index contributed by atoms with van der Waals surface area (Å²) >= 11 is 7.14. The molecule has 0 fully saturated rings. The molecule has 0 aliphatic heterocycles. The zero-order valence-electron chi connectivity index (χ0n) is 12.2. The summed E-state index contributed by atoms with van der Waals surface area (Å²) in [5, 5.41) is 3.54. The van der Waals surface area contributed by atoms with Gasteiger partial charge in [0.1, 0.15) is 5.75 Å². The molecule has 21 heavy (non-hydrogen) atoms. The molecule has 0 aliphatic rings. The molecule has 0 radical (unpaired) electrons. The van der Waals surface area contributed by atoms with Crippen LogP contribution in [0.3, 0.4) is 0 Å². The first-order valence-electron chi connectivity index (χ1n) is 7.01. The van der Waals surface area contributed by atoms with Gasteiger partial charge >= 0.3 is 0 Å². The SMILES string of the molecule is CCOc1c(Br)cc(CN[C@@H](C)c2ccccc2)cc1Br. The minimum Gasteiger partial charge on any atom is -0.492 e. The quantitative estimate of drug-likeness (QED) is 0.679. The van der Waals surface area contributed by atoms with Crippen molar-refractivity contribution in [1.82, 2.24) is 5.32 Å². The van der Waals surface area contributed by atoms with Crippen LogP contribution in [0.4, 0.5) is 0 Å². The summed E-state index contributed by atoms with van der Waals surface area (Å²) < 4.78 is 7.55. The van der Waals surface area contributed by atoms with Crippen molar-refractivity contribution in [2.24, 2.45) is 0 Å². The van der Waals surface area contributed by atoms with Gasteiger partial charge in [-0.05, 0) is 69.0 Å². The fraction of sp³-hybridized carbons (Fsp3) is 0.294. The second kappa shape index (κ2) is 7.97. The molecular formula is C17H19Br2NO. The van der Waals surface area contributed by atoms with Gasteiger partial charge in [0.05, 0.1) is 15.6 Å². The number of halogens is 2. The Hall–Kier alpha value is -0.840. The Morgan fingerprint density at radius 1 is 1.10 bits per heavy atom. The zero-order valence-corrected chi connectivity index (χ0v) is 15.4. The lowest BCUT2D eigenvalue weighted by atomic mass is 10.1. The van der Waals surface area contributed by atoms with Crippen molar-refractivity contribution < 1.29 is 4.74 Å². The normalized spacial score (nSPS) is 12.2. The molecule has 0 bridgehead atoms. The van der Waals surface area contributed by atoms with Crippen molar-refractivity contribution in [3.63, 3.8) is 0 Å². The van der Waals surface area contributed by atoms with Gasteiger partial charge in [-0.15, -0.1) is 0 Å². The van der Waals surface area contributed by atoms with E-state index in [2.05, 4.69) is 80.5 Å². The van der Waals surface area contributed by atoms with Crippen molar-refractivity contribution in [2.75, 3.05) is 6.61 Å². The largest absolute Gasteiger partial charge is 0.492 e. The van der Waals surface area contributed by atoms with E-state index in [0.29, 0.717) is 12.6 Å². The Bertz CT molecular complexity index is 564. The fourth-order valence-corrected chi connectivity index (χ4v) is 3.64. The highest BCUT2D eigenvalue weighted by Crippen LogP contribution is 2.34. The molecule has 0 aromatic heterocycles. The molecule has 112 valence electrons. The Morgan fingerprint density at radius 3 is 2.29 bits per heavy atom. The Balaban J connectivity index is 2.04. The number of rotatable bonds is 6. The topological polar surface area (TPSA) is 21.3 Å². The standard InChI is InChI=1S/C17H19Br2NO/c1-3-21-17-15(18)9-13(10-16(17)19)11-20-12(2)14-7-5-4-6-8-14/h4-10,12,20H,3,11H2,1-2H3/t12-/m0/s1. The molecule has 4 heteroatoms. The fourth-order valence-electron chi connectivity index (χ4n) is 2.13. The van der Waals surface area contributed by atoms with Crippen LogP contribution >= 0.6 is 31.9 Å². The first-order valence-corrected chi connectivity index (χ1v) is 8.59. The number of nitrogens with one attached hydrogen (secondary N) is 1. The van der Waals surface area contributed by atoms with Crippen LogP contribution in [0.1, 0.15) is 31.0 Å². The van der Waals surface area contributed by atoms with Crippen LogP contribution in [0.2, 0.25) is 0 Å². The molecule has 0 unspecified atom stereocenters. The van der Waals surface area contributed by atoms with Gasteiger partial charge in [-0.2, -0.15) is 0 Å². The second-order valence-electron chi connectivity index (χ2n) is 4.83. The highest BCUT2D eigenvalue weighted by molar-refractivity contribution is 9.11. The predicted molar refractivity (Wildman–Crippen MR) is 94.7 cm³/mol. The third-order valence-corrected chi connectivity index (χ3v) is 4.44. The van der Waals surface area contributed by atoms with Crippen molar-refractivity contribution in [1.29, 1.82) is 0 Å². The Morgan fingerprint density at radius 2 is 1.71 bits per heavy atom. The van der Waals surface area contributed by atoms with Crippen molar-refractivity contribution in [2.45, 2.75) is 26.4 Å². The molecule has 2 nitrogen and oxygen atoms in total. The Labute approximate surface area is 143 Å². The van der Waals surface area contributed by atoms with Crippen LogP contribution in [-0.2, 0) is 6.54 Å². The van der Waals surface area contributed by atoms with Gasteiger partial charge in [0.2, 0.25) is 0 Å². The zero-order chi connectivity index (χ0) is 15.2. The molecular weight excluding hydrogens is 394 g/mol.